The van der Waals surface area contributed by atoms with E-state index in [0.717, 1.165) is 26.1 Å². The molecule has 3 heterocycles. The van der Waals surface area contributed by atoms with E-state index in [0.29, 0.717) is 12.1 Å². The summed E-state index contributed by atoms with van der Waals surface area (Å²) < 4.78 is 0. The molecular weight excluding hydrogens is 178 g/mol. The minimum atomic E-state index is 0.282. The molecule has 3 aliphatic rings. The fraction of sp³-hybridized carbons (Fsp3) is 0.900. The molecule has 14 heavy (non-hydrogen) atoms. The summed E-state index contributed by atoms with van der Waals surface area (Å²) in [6.45, 7) is 4.28. The average molecular weight is 195 g/mol. The lowest BCUT2D eigenvalue weighted by atomic mass is 9.89. The summed E-state index contributed by atoms with van der Waals surface area (Å²) >= 11 is 0. The summed E-state index contributed by atoms with van der Waals surface area (Å²) in [5, 5.41) is 6.30. The third-order valence-corrected chi connectivity index (χ3v) is 3.87. The molecule has 4 nitrogen and oxygen atoms in total. The molecule has 0 aliphatic carbocycles. The lowest BCUT2D eigenvalue weighted by Crippen LogP contribution is -2.62. The second kappa shape index (κ2) is 3.21. The van der Waals surface area contributed by atoms with Gasteiger partial charge in [-0.15, -0.1) is 0 Å². The highest BCUT2D eigenvalue weighted by atomic mass is 16.2. The summed E-state index contributed by atoms with van der Waals surface area (Å²) in [5.41, 5.74) is 0. The van der Waals surface area contributed by atoms with Gasteiger partial charge in [0, 0.05) is 31.7 Å². The summed E-state index contributed by atoms with van der Waals surface area (Å²) in [5.74, 6) is 0.566. The summed E-state index contributed by atoms with van der Waals surface area (Å²) in [6, 6.07) is 1.18. The van der Waals surface area contributed by atoms with Gasteiger partial charge in [0.1, 0.15) is 0 Å². The third-order valence-electron chi connectivity index (χ3n) is 3.87. The number of carbonyl (C=O) groups excluding carboxylic acids is 1. The Morgan fingerprint density at radius 2 is 2.14 bits per heavy atom. The van der Waals surface area contributed by atoms with Crippen LogP contribution in [0.4, 0.5) is 0 Å². The van der Waals surface area contributed by atoms with Crippen LogP contribution in [0.15, 0.2) is 0 Å². The number of hydrogen-bond donors (Lipinski definition) is 2. The van der Waals surface area contributed by atoms with Crippen molar-refractivity contribution in [1.29, 1.82) is 0 Å². The van der Waals surface area contributed by atoms with E-state index in [4.69, 9.17) is 0 Å². The SMILES string of the molecule is O=C1NCC2C1CCCN2C1CNC1. The zero-order chi connectivity index (χ0) is 9.54. The number of rotatable bonds is 1. The minimum Gasteiger partial charge on any atom is -0.354 e. The third kappa shape index (κ3) is 1.17. The fourth-order valence-electron chi connectivity index (χ4n) is 2.95. The van der Waals surface area contributed by atoms with Crippen molar-refractivity contribution in [2.24, 2.45) is 5.92 Å². The van der Waals surface area contributed by atoms with Crippen LogP contribution < -0.4 is 10.6 Å². The van der Waals surface area contributed by atoms with Gasteiger partial charge in [0.25, 0.3) is 0 Å². The molecule has 0 aromatic heterocycles. The van der Waals surface area contributed by atoms with Crippen LogP contribution in [0.2, 0.25) is 0 Å². The second-order valence-electron chi connectivity index (χ2n) is 4.61. The van der Waals surface area contributed by atoms with E-state index in [-0.39, 0.29) is 11.8 Å². The van der Waals surface area contributed by atoms with E-state index in [9.17, 15) is 4.79 Å². The van der Waals surface area contributed by atoms with E-state index >= 15 is 0 Å². The van der Waals surface area contributed by atoms with Crippen LogP contribution in [0.25, 0.3) is 0 Å². The van der Waals surface area contributed by atoms with Gasteiger partial charge in [-0.1, -0.05) is 0 Å². The molecule has 0 bridgehead atoms. The first kappa shape index (κ1) is 8.68. The van der Waals surface area contributed by atoms with Crippen molar-refractivity contribution in [2.75, 3.05) is 26.2 Å². The molecular formula is C10H17N3O. The number of carbonyl (C=O) groups is 1. The molecule has 0 spiro atoms. The van der Waals surface area contributed by atoms with Crippen LogP contribution in [0, 0.1) is 5.92 Å². The first-order valence-electron chi connectivity index (χ1n) is 5.60. The number of nitrogens with one attached hydrogen (secondary N) is 2. The van der Waals surface area contributed by atoms with E-state index in [1.807, 2.05) is 0 Å². The Morgan fingerprint density at radius 3 is 2.86 bits per heavy atom. The molecule has 2 atom stereocenters. The zero-order valence-electron chi connectivity index (χ0n) is 8.33. The monoisotopic (exact) mass is 195 g/mol. The number of hydrogen-bond acceptors (Lipinski definition) is 3. The van der Waals surface area contributed by atoms with Gasteiger partial charge in [0.15, 0.2) is 0 Å². The maximum atomic E-state index is 11.5. The van der Waals surface area contributed by atoms with E-state index in [1.165, 1.54) is 13.0 Å². The molecule has 3 saturated heterocycles. The van der Waals surface area contributed by atoms with Crippen molar-refractivity contribution in [2.45, 2.75) is 24.9 Å². The number of fused-ring (bicyclic) bond motifs is 1. The highest BCUT2D eigenvalue weighted by Gasteiger charge is 2.43. The largest absolute Gasteiger partial charge is 0.354 e. The van der Waals surface area contributed by atoms with Crippen molar-refractivity contribution >= 4 is 5.91 Å². The molecule has 1 amide bonds. The van der Waals surface area contributed by atoms with Crippen LogP contribution >= 0.6 is 0 Å². The molecule has 0 radical (unpaired) electrons. The Morgan fingerprint density at radius 1 is 1.29 bits per heavy atom. The molecule has 0 aromatic rings. The maximum absolute atomic E-state index is 11.5. The van der Waals surface area contributed by atoms with Crippen LogP contribution in [0.1, 0.15) is 12.8 Å². The van der Waals surface area contributed by atoms with Crippen molar-refractivity contribution < 1.29 is 4.79 Å². The van der Waals surface area contributed by atoms with Crippen LogP contribution in [-0.4, -0.2) is 49.1 Å². The van der Waals surface area contributed by atoms with Gasteiger partial charge in [0.05, 0.1) is 5.92 Å². The first-order valence-corrected chi connectivity index (χ1v) is 5.60. The quantitative estimate of drug-likeness (QED) is 0.574. The maximum Gasteiger partial charge on any atom is 0.224 e. The molecule has 2 unspecified atom stereocenters. The van der Waals surface area contributed by atoms with Gasteiger partial charge in [-0.05, 0) is 19.4 Å². The van der Waals surface area contributed by atoms with Crippen molar-refractivity contribution in [3.63, 3.8) is 0 Å². The molecule has 78 valence electrons. The van der Waals surface area contributed by atoms with Crippen molar-refractivity contribution in [3.8, 4) is 0 Å². The number of likely N-dealkylation sites (tertiary alicyclic amines) is 1. The van der Waals surface area contributed by atoms with E-state index in [1.54, 1.807) is 0 Å². The number of amides is 1. The second-order valence-corrected chi connectivity index (χ2v) is 4.61. The highest BCUT2D eigenvalue weighted by Crippen LogP contribution is 2.29. The molecule has 4 heteroatoms. The van der Waals surface area contributed by atoms with Gasteiger partial charge < -0.3 is 10.6 Å². The van der Waals surface area contributed by atoms with Crippen LogP contribution in [-0.2, 0) is 4.79 Å². The van der Waals surface area contributed by atoms with E-state index in [2.05, 4.69) is 15.5 Å². The summed E-state index contributed by atoms with van der Waals surface area (Å²) in [4.78, 5) is 14.1. The molecule has 0 saturated carbocycles. The molecule has 3 aliphatic heterocycles. The Balaban J connectivity index is 1.75. The lowest BCUT2D eigenvalue weighted by molar-refractivity contribution is -0.124. The summed E-state index contributed by atoms with van der Waals surface area (Å²) in [6.07, 6.45) is 2.28. The predicted molar refractivity (Wildman–Crippen MR) is 52.9 cm³/mol. The number of nitrogens with zero attached hydrogens (tertiary/aromatic N) is 1. The van der Waals surface area contributed by atoms with Gasteiger partial charge in [-0.2, -0.15) is 0 Å². The lowest BCUT2D eigenvalue weighted by Gasteiger charge is -2.45. The topological polar surface area (TPSA) is 44.4 Å². The fourth-order valence-corrected chi connectivity index (χ4v) is 2.95. The summed E-state index contributed by atoms with van der Waals surface area (Å²) in [7, 11) is 0. The van der Waals surface area contributed by atoms with Gasteiger partial charge >= 0.3 is 0 Å². The molecule has 3 rings (SSSR count). The average Bonchev–Trinajstić information content (AvgIpc) is 2.47. The van der Waals surface area contributed by atoms with E-state index < -0.39 is 0 Å². The first-order chi connectivity index (χ1) is 6.86. The van der Waals surface area contributed by atoms with Crippen molar-refractivity contribution in [3.05, 3.63) is 0 Å². The molecule has 3 fully saturated rings. The normalized spacial score (nSPS) is 39.0. The predicted octanol–water partition coefficient (Wildman–Crippen LogP) is -0.831. The van der Waals surface area contributed by atoms with Gasteiger partial charge in [0.2, 0.25) is 5.91 Å². The van der Waals surface area contributed by atoms with Crippen LogP contribution in [0.5, 0.6) is 0 Å². The highest BCUT2D eigenvalue weighted by molar-refractivity contribution is 5.82. The molecule has 2 N–H and O–H groups in total. The Hall–Kier alpha value is -0.610. The van der Waals surface area contributed by atoms with Gasteiger partial charge in [-0.25, -0.2) is 0 Å². The Kier molecular flexibility index (Phi) is 1.99. The Bertz CT molecular complexity index is 252. The number of piperidine rings is 1. The zero-order valence-corrected chi connectivity index (χ0v) is 8.33. The van der Waals surface area contributed by atoms with Crippen LogP contribution in [0.3, 0.4) is 0 Å². The van der Waals surface area contributed by atoms with Gasteiger partial charge in [-0.3, -0.25) is 9.69 Å². The molecule has 0 aromatic carbocycles. The smallest absolute Gasteiger partial charge is 0.224 e. The Labute approximate surface area is 84.0 Å². The standard InChI is InChI=1S/C10H17N3O/c14-10-8-2-1-3-13(7-4-11-5-7)9(8)6-12-10/h7-9,11H,1-6H2,(H,12,14). The minimum absolute atomic E-state index is 0.282. The van der Waals surface area contributed by atoms with Crippen molar-refractivity contribution in [1.82, 2.24) is 15.5 Å².